The number of rotatable bonds is 3. The predicted octanol–water partition coefficient (Wildman–Crippen LogP) is -0.0969. The molecule has 76 valence electrons. The highest BCUT2D eigenvalue weighted by molar-refractivity contribution is 5.97. The van der Waals surface area contributed by atoms with Gasteiger partial charge in [0.1, 0.15) is 0 Å². The van der Waals surface area contributed by atoms with Crippen molar-refractivity contribution in [1.29, 1.82) is 0 Å². The standard InChI is InChI=1S/C7H8N2O5/c1-13-5-3(6(10)11)8-9-4(5)7(12)14-2/h1-2H3,(H,8,9)(H,10,11). The predicted molar refractivity (Wildman–Crippen MR) is 43.4 cm³/mol. The summed E-state index contributed by atoms with van der Waals surface area (Å²) in [7, 11) is 2.41. The smallest absolute Gasteiger partial charge is 0.360 e. The van der Waals surface area contributed by atoms with E-state index >= 15 is 0 Å². The van der Waals surface area contributed by atoms with Crippen LogP contribution in [-0.4, -0.2) is 41.5 Å². The van der Waals surface area contributed by atoms with Crippen LogP contribution < -0.4 is 4.74 Å². The third-order valence-electron chi connectivity index (χ3n) is 1.52. The van der Waals surface area contributed by atoms with E-state index in [4.69, 9.17) is 9.84 Å². The number of carboxylic acids is 1. The van der Waals surface area contributed by atoms with Crippen molar-refractivity contribution in [3.8, 4) is 5.75 Å². The van der Waals surface area contributed by atoms with Gasteiger partial charge in [0, 0.05) is 0 Å². The lowest BCUT2D eigenvalue weighted by molar-refractivity contribution is 0.0590. The zero-order valence-electron chi connectivity index (χ0n) is 7.53. The summed E-state index contributed by atoms with van der Waals surface area (Å²) in [5.74, 6) is -2.15. The van der Waals surface area contributed by atoms with Gasteiger partial charge in [-0.2, -0.15) is 5.10 Å². The molecule has 0 amide bonds. The Hall–Kier alpha value is -2.05. The molecule has 0 aliphatic carbocycles. The number of esters is 1. The van der Waals surface area contributed by atoms with E-state index in [1.54, 1.807) is 0 Å². The average molecular weight is 200 g/mol. The fraction of sp³-hybridized carbons (Fsp3) is 0.286. The van der Waals surface area contributed by atoms with Gasteiger partial charge in [0.05, 0.1) is 14.2 Å². The van der Waals surface area contributed by atoms with Crippen molar-refractivity contribution >= 4 is 11.9 Å². The number of carboxylic acid groups (broad SMARTS) is 1. The molecule has 1 rings (SSSR count). The van der Waals surface area contributed by atoms with Crippen LogP contribution in [0.3, 0.4) is 0 Å². The highest BCUT2D eigenvalue weighted by atomic mass is 16.5. The molecule has 0 aromatic carbocycles. The number of ether oxygens (including phenoxy) is 2. The minimum Gasteiger partial charge on any atom is -0.492 e. The fourth-order valence-corrected chi connectivity index (χ4v) is 0.916. The van der Waals surface area contributed by atoms with Crippen LogP contribution in [0.1, 0.15) is 21.0 Å². The number of aromatic nitrogens is 2. The van der Waals surface area contributed by atoms with Crippen molar-refractivity contribution in [1.82, 2.24) is 10.2 Å². The number of methoxy groups -OCH3 is 2. The minimum atomic E-state index is -1.28. The summed E-state index contributed by atoms with van der Waals surface area (Å²) in [6, 6.07) is 0. The monoisotopic (exact) mass is 200 g/mol. The van der Waals surface area contributed by atoms with Gasteiger partial charge >= 0.3 is 11.9 Å². The normalized spacial score (nSPS) is 9.57. The van der Waals surface area contributed by atoms with Crippen molar-refractivity contribution in [3.05, 3.63) is 11.4 Å². The molecule has 14 heavy (non-hydrogen) atoms. The number of hydrogen-bond donors (Lipinski definition) is 2. The van der Waals surface area contributed by atoms with Gasteiger partial charge in [0.25, 0.3) is 0 Å². The van der Waals surface area contributed by atoms with E-state index in [0.29, 0.717) is 0 Å². The van der Waals surface area contributed by atoms with Crippen molar-refractivity contribution in [3.63, 3.8) is 0 Å². The second-order valence-electron chi connectivity index (χ2n) is 2.28. The molecule has 0 radical (unpaired) electrons. The summed E-state index contributed by atoms with van der Waals surface area (Å²) < 4.78 is 9.11. The maximum absolute atomic E-state index is 11.1. The number of carbonyl (C=O) groups is 2. The Balaban J connectivity index is 3.20. The highest BCUT2D eigenvalue weighted by Gasteiger charge is 2.24. The van der Waals surface area contributed by atoms with E-state index < -0.39 is 11.9 Å². The zero-order chi connectivity index (χ0) is 10.7. The number of H-pyrrole nitrogens is 1. The Morgan fingerprint density at radius 1 is 1.43 bits per heavy atom. The first-order valence-electron chi connectivity index (χ1n) is 3.55. The van der Waals surface area contributed by atoms with E-state index in [9.17, 15) is 9.59 Å². The zero-order valence-corrected chi connectivity index (χ0v) is 7.53. The van der Waals surface area contributed by atoms with Crippen LogP contribution in [0.5, 0.6) is 5.75 Å². The quantitative estimate of drug-likeness (QED) is 0.661. The molecule has 0 atom stereocenters. The summed E-state index contributed by atoms with van der Waals surface area (Å²) in [6.45, 7) is 0. The number of nitrogens with zero attached hydrogens (tertiary/aromatic N) is 1. The van der Waals surface area contributed by atoms with Gasteiger partial charge in [0.2, 0.25) is 5.69 Å². The molecular formula is C7H8N2O5. The second kappa shape index (κ2) is 3.77. The third-order valence-corrected chi connectivity index (χ3v) is 1.52. The SMILES string of the molecule is COC(=O)c1[nH]nc(C(=O)O)c1OC. The molecule has 1 aromatic heterocycles. The lowest BCUT2D eigenvalue weighted by atomic mass is 10.3. The van der Waals surface area contributed by atoms with E-state index in [1.165, 1.54) is 14.2 Å². The van der Waals surface area contributed by atoms with E-state index in [2.05, 4.69) is 14.9 Å². The first-order chi connectivity index (χ1) is 6.61. The fourth-order valence-electron chi connectivity index (χ4n) is 0.916. The average Bonchev–Trinajstić information content (AvgIpc) is 2.59. The lowest BCUT2D eigenvalue weighted by Crippen LogP contribution is -2.05. The molecule has 0 aliphatic rings. The highest BCUT2D eigenvalue weighted by Crippen LogP contribution is 2.21. The Morgan fingerprint density at radius 2 is 2.07 bits per heavy atom. The van der Waals surface area contributed by atoms with E-state index in [-0.39, 0.29) is 17.1 Å². The summed E-state index contributed by atoms with van der Waals surface area (Å²) in [5, 5.41) is 14.3. The Labute approximate surface area is 78.6 Å². The first kappa shape index (κ1) is 10.0. The molecule has 2 N–H and O–H groups in total. The van der Waals surface area contributed by atoms with Crippen LogP contribution in [0.25, 0.3) is 0 Å². The summed E-state index contributed by atoms with van der Waals surface area (Å²) in [4.78, 5) is 21.7. The van der Waals surface area contributed by atoms with Crippen LogP contribution in [0.2, 0.25) is 0 Å². The summed E-state index contributed by atoms with van der Waals surface area (Å²) >= 11 is 0. The van der Waals surface area contributed by atoms with Crippen molar-refractivity contribution in [2.75, 3.05) is 14.2 Å². The summed E-state index contributed by atoms with van der Waals surface area (Å²) in [5.41, 5.74) is -0.472. The van der Waals surface area contributed by atoms with Crippen LogP contribution in [-0.2, 0) is 4.74 Å². The molecule has 0 saturated heterocycles. The number of nitrogens with one attached hydrogen (secondary N) is 1. The van der Waals surface area contributed by atoms with Gasteiger partial charge in [-0.25, -0.2) is 9.59 Å². The van der Waals surface area contributed by atoms with Crippen molar-refractivity contribution in [2.24, 2.45) is 0 Å². The molecule has 1 aromatic rings. The maximum Gasteiger partial charge on any atom is 0.360 e. The van der Waals surface area contributed by atoms with Crippen LogP contribution in [0.4, 0.5) is 0 Å². The Bertz CT molecular complexity index is 370. The van der Waals surface area contributed by atoms with Crippen LogP contribution in [0, 0.1) is 0 Å². The van der Waals surface area contributed by atoms with Gasteiger partial charge < -0.3 is 14.6 Å². The van der Waals surface area contributed by atoms with Crippen molar-refractivity contribution in [2.45, 2.75) is 0 Å². The number of carbonyl (C=O) groups excluding carboxylic acids is 1. The van der Waals surface area contributed by atoms with Gasteiger partial charge in [-0.3, -0.25) is 5.10 Å². The topological polar surface area (TPSA) is 102 Å². The van der Waals surface area contributed by atoms with Gasteiger partial charge in [-0.05, 0) is 0 Å². The molecular weight excluding hydrogens is 192 g/mol. The molecule has 0 saturated carbocycles. The van der Waals surface area contributed by atoms with E-state index in [1.807, 2.05) is 0 Å². The number of aromatic carboxylic acids is 1. The largest absolute Gasteiger partial charge is 0.492 e. The minimum absolute atomic E-state index is 0.118. The number of aromatic amines is 1. The third kappa shape index (κ3) is 1.51. The summed E-state index contributed by atoms with van der Waals surface area (Å²) in [6.07, 6.45) is 0. The molecule has 7 heteroatoms. The maximum atomic E-state index is 11.1. The van der Waals surface area contributed by atoms with Gasteiger partial charge in [-0.1, -0.05) is 0 Å². The molecule has 0 aliphatic heterocycles. The van der Waals surface area contributed by atoms with Gasteiger partial charge in [-0.15, -0.1) is 0 Å². The Kier molecular flexibility index (Phi) is 2.70. The molecule has 1 heterocycles. The molecule has 0 fully saturated rings. The lowest BCUT2D eigenvalue weighted by Gasteiger charge is -1.99. The van der Waals surface area contributed by atoms with Gasteiger partial charge in [0.15, 0.2) is 11.4 Å². The van der Waals surface area contributed by atoms with Crippen molar-refractivity contribution < 1.29 is 24.2 Å². The Morgan fingerprint density at radius 3 is 2.50 bits per heavy atom. The first-order valence-corrected chi connectivity index (χ1v) is 3.55. The molecule has 0 spiro atoms. The molecule has 0 bridgehead atoms. The second-order valence-corrected chi connectivity index (χ2v) is 2.28. The molecule has 0 unspecified atom stereocenters. The number of hydrogen-bond acceptors (Lipinski definition) is 5. The van der Waals surface area contributed by atoms with E-state index in [0.717, 1.165) is 0 Å². The van der Waals surface area contributed by atoms with Crippen LogP contribution >= 0.6 is 0 Å². The van der Waals surface area contributed by atoms with Crippen LogP contribution in [0.15, 0.2) is 0 Å². The molecule has 7 nitrogen and oxygen atoms in total.